The van der Waals surface area contributed by atoms with E-state index in [0.717, 1.165) is 10.8 Å². The molecule has 4 nitrogen and oxygen atoms in total. The Kier molecular flexibility index (Phi) is 3.14. The van der Waals surface area contributed by atoms with Crippen LogP contribution in [0.3, 0.4) is 0 Å². The van der Waals surface area contributed by atoms with Crippen LogP contribution in [-0.4, -0.2) is 34.4 Å². The summed E-state index contributed by atoms with van der Waals surface area (Å²) in [5.74, 6) is -2.88. The fraction of sp³-hybridized carbons (Fsp3) is 0.273. The van der Waals surface area contributed by atoms with Gasteiger partial charge >= 0.3 is 0 Å². The van der Waals surface area contributed by atoms with Crippen LogP contribution in [0.2, 0.25) is 0 Å². The average Bonchev–Trinajstić information content (AvgIpc) is 2.36. The minimum absolute atomic E-state index is 0.288. The van der Waals surface area contributed by atoms with Crippen LogP contribution < -0.4 is 5.32 Å². The van der Waals surface area contributed by atoms with Crippen LogP contribution in [0.25, 0.3) is 10.8 Å². The summed E-state index contributed by atoms with van der Waals surface area (Å²) in [5, 5.41) is 20.0. The number of benzene rings is 1. The van der Waals surface area contributed by atoms with Gasteiger partial charge < -0.3 is 10.4 Å². The molecule has 1 heterocycles. The van der Waals surface area contributed by atoms with Crippen molar-refractivity contribution in [3.05, 3.63) is 30.5 Å². The van der Waals surface area contributed by atoms with Crippen molar-refractivity contribution in [2.24, 2.45) is 0 Å². The van der Waals surface area contributed by atoms with Gasteiger partial charge in [-0.1, -0.05) is 24.3 Å². The van der Waals surface area contributed by atoms with Crippen LogP contribution in [-0.2, 0) is 0 Å². The monoisotopic (exact) mass is 239 g/mol. The minimum atomic E-state index is -3.17. The van der Waals surface area contributed by atoms with E-state index in [0.29, 0.717) is 0 Å². The third kappa shape index (κ3) is 2.65. The molecule has 6 heteroatoms. The third-order valence-corrected chi connectivity index (χ3v) is 2.32. The summed E-state index contributed by atoms with van der Waals surface area (Å²) in [6.07, 6.45) is 1.56. The van der Waals surface area contributed by atoms with Crippen LogP contribution in [0.1, 0.15) is 0 Å². The molecule has 1 aromatic heterocycles. The smallest absolute Gasteiger partial charge is 0.287 e. The lowest BCUT2D eigenvalue weighted by Gasteiger charge is -2.14. The van der Waals surface area contributed by atoms with Gasteiger partial charge in [-0.2, -0.15) is 5.10 Å². The van der Waals surface area contributed by atoms with Gasteiger partial charge in [0, 0.05) is 10.8 Å². The molecule has 0 aliphatic rings. The van der Waals surface area contributed by atoms with Crippen molar-refractivity contribution in [2.75, 3.05) is 18.5 Å². The molecule has 0 fully saturated rings. The summed E-state index contributed by atoms with van der Waals surface area (Å²) >= 11 is 0. The predicted octanol–water partition coefficient (Wildman–Crippen LogP) is 1.67. The van der Waals surface area contributed by atoms with Gasteiger partial charge in [-0.25, -0.2) is 8.78 Å². The molecule has 0 aliphatic carbocycles. The molecule has 0 aliphatic heterocycles. The van der Waals surface area contributed by atoms with E-state index in [9.17, 15) is 8.78 Å². The summed E-state index contributed by atoms with van der Waals surface area (Å²) in [4.78, 5) is 0. The van der Waals surface area contributed by atoms with Gasteiger partial charge in [0.15, 0.2) is 5.82 Å². The number of halogens is 2. The van der Waals surface area contributed by atoms with Gasteiger partial charge in [0.25, 0.3) is 5.92 Å². The van der Waals surface area contributed by atoms with Crippen molar-refractivity contribution < 1.29 is 13.9 Å². The molecule has 2 rings (SSSR count). The number of nitrogens with zero attached hydrogens (tertiary/aromatic N) is 2. The minimum Gasteiger partial charge on any atom is -0.390 e. The van der Waals surface area contributed by atoms with Gasteiger partial charge in [-0.05, 0) is 0 Å². The van der Waals surface area contributed by atoms with E-state index >= 15 is 0 Å². The number of hydrogen-bond acceptors (Lipinski definition) is 4. The Morgan fingerprint density at radius 2 is 2.06 bits per heavy atom. The van der Waals surface area contributed by atoms with E-state index < -0.39 is 19.1 Å². The van der Waals surface area contributed by atoms with Crippen molar-refractivity contribution in [3.63, 3.8) is 0 Å². The zero-order valence-corrected chi connectivity index (χ0v) is 8.90. The molecular weight excluding hydrogens is 228 g/mol. The molecule has 90 valence electrons. The van der Waals surface area contributed by atoms with Crippen molar-refractivity contribution in [2.45, 2.75) is 5.92 Å². The SMILES string of the molecule is OCC(F)(F)CNc1nncc2ccccc12. The van der Waals surface area contributed by atoms with Crippen molar-refractivity contribution in [3.8, 4) is 0 Å². The number of nitrogens with one attached hydrogen (secondary N) is 1. The Morgan fingerprint density at radius 3 is 2.82 bits per heavy atom. The molecule has 0 saturated carbocycles. The number of rotatable bonds is 4. The van der Waals surface area contributed by atoms with E-state index in [1.807, 2.05) is 12.1 Å². The molecule has 0 unspecified atom stereocenters. The molecule has 0 bridgehead atoms. The first kappa shape index (κ1) is 11.7. The highest BCUT2D eigenvalue weighted by Gasteiger charge is 2.27. The maximum Gasteiger partial charge on any atom is 0.287 e. The fourth-order valence-electron chi connectivity index (χ4n) is 1.43. The molecule has 0 atom stereocenters. The first-order valence-electron chi connectivity index (χ1n) is 5.05. The van der Waals surface area contributed by atoms with E-state index in [-0.39, 0.29) is 5.82 Å². The summed E-state index contributed by atoms with van der Waals surface area (Å²) in [7, 11) is 0. The lowest BCUT2D eigenvalue weighted by Crippen LogP contribution is -2.31. The van der Waals surface area contributed by atoms with Gasteiger partial charge in [0.1, 0.15) is 6.61 Å². The number of anilines is 1. The number of fused-ring (bicyclic) bond motifs is 1. The normalized spacial score (nSPS) is 11.7. The van der Waals surface area contributed by atoms with Gasteiger partial charge in [0.05, 0.1) is 12.7 Å². The molecule has 0 radical (unpaired) electrons. The summed E-state index contributed by atoms with van der Waals surface area (Å²) in [6.45, 7) is -1.87. The predicted molar refractivity (Wildman–Crippen MR) is 60.1 cm³/mol. The summed E-state index contributed by atoms with van der Waals surface area (Å²) < 4.78 is 25.8. The van der Waals surface area contributed by atoms with E-state index in [1.54, 1.807) is 18.3 Å². The Morgan fingerprint density at radius 1 is 1.29 bits per heavy atom. The maximum atomic E-state index is 12.9. The second kappa shape index (κ2) is 4.58. The van der Waals surface area contributed by atoms with Crippen LogP contribution in [0.15, 0.2) is 30.5 Å². The molecule has 2 aromatic rings. The lowest BCUT2D eigenvalue weighted by atomic mass is 10.2. The second-order valence-electron chi connectivity index (χ2n) is 3.65. The third-order valence-electron chi connectivity index (χ3n) is 2.32. The standard InChI is InChI=1S/C11H11F2N3O/c12-11(13,7-17)6-14-10-9-4-2-1-3-8(9)5-15-16-10/h1-5,17H,6-7H2,(H,14,16). The topological polar surface area (TPSA) is 58.0 Å². The van der Waals surface area contributed by atoms with Crippen LogP contribution in [0.4, 0.5) is 14.6 Å². The molecular formula is C11H11F2N3O. The molecule has 0 spiro atoms. The Labute approximate surface area is 96.3 Å². The Hall–Kier alpha value is -1.82. The summed E-state index contributed by atoms with van der Waals surface area (Å²) in [6, 6.07) is 7.21. The number of aliphatic hydroxyl groups excluding tert-OH is 1. The van der Waals surface area contributed by atoms with Gasteiger partial charge in [-0.15, -0.1) is 5.10 Å². The van der Waals surface area contributed by atoms with Crippen LogP contribution in [0, 0.1) is 0 Å². The molecule has 17 heavy (non-hydrogen) atoms. The maximum absolute atomic E-state index is 12.9. The summed E-state index contributed by atoms with van der Waals surface area (Å²) in [5.41, 5.74) is 0. The molecule has 0 amide bonds. The van der Waals surface area contributed by atoms with Crippen LogP contribution in [0.5, 0.6) is 0 Å². The second-order valence-corrected chi connectivity index (χ2v) is 3.65. The molecule has 2 N–H and O–H groups in total. The first-order valence-corrected chi connectivity index (χ1v) is 5.05. The lowest BCUT2D eigenvalue weighted by molar-refractivity contribution is -0.0373. The first-order chi connectivity index (χ1) is 8.12. The van der Waals surface area contributed by atoms with Crippen LogP contribution >= 0.6 is 0 Å². The zero-order valence-electron chi connectivity index (χ0n) is 8.90. The molecule has 0 saturated heterocycles. The fourth-order valence-corrected chi connectivity index (χ4v) is 1.43. The van der Waals surface area contributed by atoms with Gasteiger partial charge in [0.2, 0.25) is 0 Å². The average molecular weight is 239 g/mol. The number of alkyl halides is 2. The van der Waals surface area contributed by atoms with Crippen molar-refractivity contribution >= 4 is 16.6 Å². The quantitative estimate of drug-likeness (QED) is 0.852. The van der Waals surface area contributed by atoms with E-state index in [1.165, 1.54) is 0 Å². The highest BCUT2D eigenvalue weighted by Crippen LogP contribution is 2.20. The zero-order chi connectivity index (χ0) is 12.3. The van der Waals surface area contributed by atoms with Crippen molar-refractivity contribution in [1.82, 2.24) is 10.2 Å². The highest BCUT2D eigenvalue weighted by molar-refractivity contribution is 5.90. The highest BCUT2D eigenvalue weighted by atomic mass is 19.3. The van der Waals surface area contributed by atoms with Crippen molar-refractivity contribution in [1.29, 1.82) is 0 Å². The Bertz CT molecular complexity index is 514. The number of hydrogen-bond donors (Lipinski definition) is 2. The van der Waals surface area contributed by atoms with Gasteiger partial charge in [-0.3, -0.25) is 0 Å². The number of aliphatic hydroxyl groups is 1. The van der Waals surface area contributed by atoms with E-state index in [2.05, 4.69) is 15.5 Å². The van der Waals surface area contributed by atoms with E-state index in [4.69, 9.17) is 5.11 Å². The Balaban J connectivity index is 2.24. The largest absolute Gasteiger partial charge is 0.390 e. The number of aromatic nitrogens is 2. The molecule has 1 aromatic carbocycles.